The van der Waals surface area contributed by atoms with Gasteiger partial charge in [-0.25, -0.2) is 9.78 Å². The van der Waals surface area contributed by atoms with Crippen LogP contribution in [0.4, 0.5) is 11.6 Å². The number of carboxylic acids is 1. The number of anilines is 2. The van der Waals surface area contributed by atoms with Crippen molar-refractivity contribution < 1.29 is 14.7 Å². The lowest BCUT2D eigenvalue weighted by Gasteiger charge is -2.31. The van der Waals surface area contributed by atoms with Gasteiger partial charge < -0.3 is 15.0 Å². The Morgan fingerprint density at radius 2 is 1.87 bits per heavy atom. The van der Waals surface area contributed by atoms with E-state index < -0.39 is 12.0 Å². The van der Waals surface area contributed by atoms with E-state index in [0.717, 1.165) is 0 Å². The third-order valence-corrected chi connectivity index (χ3v) is 5.09. The molecule has 31 heavy (non-hydrogen) atoms. The SMILES string of the molecule is O=C(CCN(c1ccc(Cl)cc1)C(C(=O)O)c1ccccc1)Nc1nc(S)cc(=S)[nH]1. The number of H-pyrrole nitrogens is 1. The molecule has 0 fully saturated rings. The first-order valence-electron chi connectivity index (χ1n) is 9.23. The van der Waals surface area contributed by atoms with Gasteiger partial charge in [0.15, 0.2) is 6.04 Å². The van der Waals surface area contributed by atoms with Crippen LogP contribution in [0, 0.1) is 4.64 Å². The lowest BCUT2D eigenvalue weighted by molar-refractivity contribution is -0.139. The quantitative estimate of drug-likeness (QED) is 0.214. The topological polar surface area (TPSA) is 98.3 Å². The zero-order chi connectivity index (χ0) is 22.4. The van der Waals surface area contributed by atoms with Crippen molar-refractivity contribution in [3.05, 3.63) is 75.9 Å². The van der Waals surface area contributed by atoms with E-state index in [4.69, 9.17) is 23.8 Å². The molecule has 1 unspecified atom stereocenters. The van der Waals surface area contributed by atoms with Crippen LogP contribution in [0.1, 0.15) is 18.0 Å². The second-order valence-electron chi connectivity index (χ2n) is 6.57. The zero-order valence-corrected chi connectivity index (χ0v) is 18.6. The molecular formula is C21H19ClN4O3S2. The summed E-state index contributed by atoms with van der Waals surface area (Å²) < 4.78 is 0.383. The first-order valence-corrected chi connectivity index (χ1v) is 10.5. The van der Waals surface area contributed by atoms with E-state index in [1.807, 2.05) is 6.07 Å². The number of halogens is 1. The molecule has 3 N–H and O–H groups in total. The summed E-state index contributed by atoms with van der Waals surface area (Å²) in [5.41, 5.74) is 1.22. The number of aromatic amines is 1. The van der Waals surface area contributed by atoms with Crippen molar-refractivity contribution in [2.24, 2.45) is 0 Å². The van der Waals surface area contributed by atoms with Gasteiger partial charge in [-0.2, -0.15) is 0 Å². The molecule has 7 nitrogen and oxygen atoms in total. The third-order valence-electron chi connectivity index (χ3n) is 4.38. The molecule has 3 rings (SSSR count). The van der Waals surface area contributed by atoms with E-state index in [2.05, 4.69) is 27.9 Å². The minimum atomic E-state index is -1.03. The molecule has 1 atom stereocenters. The summed E-state index contributed by atoms with van der Waals surface area (Å²) in [5, 5.41) is 13.5. The number of carboxylic acid groups (broad SMARTS) is 1. The Hall–Kier alpha value is -2.88. The van der Waals surface area contributed by atoms with Gasteiger partial charge in [-0.1, -0.05) is 54.2 Å². The van der Waals surface area contributed by atoms with Crippen molar-refractivity contribution in [2.75, 3.05) is 16.8 Å². The number of carbonyl (C=O) groups excluding carboxylic acids is 1. The summed E-state index contributed by atoms with van der Waals surface area (Å²) in [7, 11) is 0. The molecule has 0 saturated heterocycles. The van der Waals surface area contributed by atoms with E-state index in [1.54, 1.807) is 59.5 Å². The van der Waals surface area contributed by atoms with E-state index >= 15 is 0 Å². The van der Waals surface area contributed by atoms with Crippen molar-refractivity contribution in [1.29, 1.82) is 0 Å². The summed E-state index contributed by atoms with van der Waals surface area (Å²) in [4.78, 5) is 33.2. The van der Waals surface area contributed by atoms with E-state index in [-0.39, 0.29) is 24.8 Å². The van der Waals surface area contributed by atoms with Gasteiger partial charge in [0.1, 0.15) is 4.64 Å². The summed E-state index contributed by atoms with van der Waals surface area (Å²) in [6.45, 7) is 0.140. The smallest absolute Gasteiger partial charge is 0.331 e. The van der Waals surface area contributed by atoms with E-state index in [1.165, 1.54) is 0 Å². The summed E-state index contributed by atoms with van der Waals surface area (Å²) >= 11 is 15.2. The molecule has 0 spiro atoms. The van der Waals surface area contributed by atoms with Gasteiger partial charge in [0, 0.05) is 29.7 Å². The molecule has 10 heteroatoms. The van der Waals surface area contributed by atoms with Gasteiger partial charge >= 0.3 is 5.97 Å². The number of nitrogens with one attached hydrogen (secondary N) is 2. The van der Waals surface area contributed by atoms with Crippen LogP contribution in [0.3, 0.4) is 0 Å². The number of nitrogens with zero attached hydrogens (tertiary/aromatic N) is 2. The van der Waals surface area contributed by atoms with Crippen LogP contribution in [0.15, 0.2) is 65.7 Å². The fraction of sp³-hybridized carbons (Fsp3) is 0.143. The Morgan fingerprint density at radius 3 is 2.48 bits per heavy atom. The maximum Gasteiger partial charge on any atom is 0.331 e. The first kappa shape index (κ1) is 22.8. The van der Waals surface area contributed by atoms with Gasteiger partial charge in [0.05, 0.1) is 5.03 Å². The first-order chi connectivity index (χ1) is 14.8. The van der Waals surface area contributed by atoms with E-state index in [0.29, 0.717) is 25.9 Å². The molecule has 1 aromatic heterocycles. The van der Waals surface area contributed by atoms with Crippen molar-refractivity contribution in [1.82, 2.24) is 9.97 Å². The zero-order valence-electron chi connectivity index (χ0n) is 16.2. The van der Waals surface area contributed by atoms with Crippen LogP contribution in [0.2, 0.25) is 5.02 Å². The van der Waals surface area contributed by atoms with Crippen LogP contribution in [0.5, 0.6) is 0 Å². The summed E-state index contributed by atoms with van der Waals surface area (Å²) in [6, 6.07) is 16.2. The normalized spacial score (nSPS) is 11.5. The van der Waals surface area contributed by atoms with Crippen LogP contribution in [0.25, 0.3) is 0 Å². The third kappa shape index (κ3) is 6.30. The van der Waals surface area contributed by atoms with Gasteiger partial charge in [0.25, 0.3) is 0 Å². The highest BCUT2D eigenvalue weighted by Gasteiger charge is 2.28. The van der Waals surface area contributed by atoms with Gasteiger partial charge in [-0.05, 0) is 29.8 Å². The van der Waals surface area contributed by atoms with E-state index in [9.17, 15) is 14.7 Å². The minimum absolute atomic E-state index is 0.0122. The average molecular weight is 475 g/mol. The van der Waals surface area contributed by atoms with Crippen LogP contribution in [-0.4, -0.2) is 33.5 Å². The van der Waals surface area contributed by atoms with Gasteiger partial charge in [-0.15, -0.1) is 12.6 Å². The maximum atomic E-state index is 12.5. The molecule has 160 valence electrons. The van der Waals surface area contributed by atoms with Crippen molar-refractivity contribution in [3.63, 3.8) is 0 Å². The Bertz CT molecular complexity index is 1120. The minimum Gasteiger partial charge on any atom is -0.479 e. The molecular weight excluding hydrogens is 456 g/mol. The van der Waals surface area contributed by atoms with Crippen molar-refractivity contribution >= 4 is 60.0 Å². The number of hydrogen-bond donors (Lipinski definition) is 4. The fourth-order valence-electron chi connectivity index (χ4n) is 3.05. The fourth-order valence-corrected chi connectivity index (χ4v) is 3.70. The Kier molecular flexibility index (Phi) is 7.67. The number of carbonyl (C=O) groups is 2. The largest absolute Gasteiger partial charge is 0.479 e. The predicted molar refractivity (Wildman–Crippen MR) is 126 cm³/mol. The number of amides is 1. The number of rotatable bonds is 8. The van der Waals surface area contributed by atoms with Crippen LogP contribution in [-0.2, 0) is 9.59 Å². The Labute approximate surface area is 194 Å². The number of hydrogen-bond acceptors (Lipinski definition) is 6. The summed E-state index contributed by atoms with van der Waals surface area (Å²) in [6.07, 6.45) is 0.0122. The predicted octanol–water partition coefficient (Wildman–Crippen LogP) is 4.74. The molecule has 0 aliphatic heterocycles. The molecule has 3 aromatic rings. The lowest BCUT2D eigenvalue weighted by Crippen LogP contribution is -2.36. The monoisotopic (exact) mass is 474 g/mol. The highest BCUT2D eigenvalue weighted by molar-refractivity contribution is 7.80. The summed E-state index contributed by atoms with van der Waals surface area (Å²) in [5.74, 6) is -1.21. The van der Waals surface area contributed by atoms with Gasteiger partial charge in [0.2, 0.25) is 11.9 Å². The Morgan fingerprint density at radius 1 is 1.19 bits per heavy atom. The molecule has 0 aliphatic carbocycles. The molecule has 0 bridgehead atoms. The number of aromatic nitrogens is 2. The molecule has 1 heterocycles. The number of thiol groups is 1. The average Bonchev–Trinajstić information content (AvgIpc) is 2.71. The highest BCUT2D eigenvalue weighted by Crippen LogP contribution is 2.29. The second-order valence-corrected chi connectivity index (χ2v) is 7.91. The highest BCUT2D eigenvalue weighted by atomic mass is 35.5. The molecule has 0 saturated carbocycles. The van der Waals surface area contributed by atoms with Gasteiger partial charge in [-0.3, -0.25) is 10.1 Å². The van der Waals surface area contributed by atoms with Crippen molar-refractivity contribution in [2.45, 2.75) is 17.5 Å². The molecule has 1 amide bonds. The van der Waals surface area contributed by atoms with Crippen LogP contribution < -0.4 is 10.2 Å². The second kappa shape index (κ2) is 10.4. The lowest BCUT2D eigenvalue weighted by atomic mass is 10.0. The molecule has 2 aromatic carbocycles. The molecule has 0 radical (unpaired) electrons. The number of aliphatic carboxylic acids is 1. The number of benzene rings is 2. The molecule has 0 aliphatic rings. The standard InChI is InChI=1S/C21H19ClN4O3S2/c22-14-6-8-15(9-7-14)26(19(20(28)29)13-4-2-1-3-5-13)11-10-16(27)23-21-24-17(30)12-18(31)25-21/h1-9,12,19H,10-11H2,(H,28,29)(H3,23,24,25,27,30,31). The van der Waals surface area contributed by atoms with Crippen molar-refractivity contribution in [3.8, 4) is 0 Å². The maximum absolute atomic E-state index is 12.5. The Balaban J connectivity index is 1.84. The van der Waals surface area contributed by atoms with Crippen LogP contribution >= 0.6 is 36.4 Å².